The van der Waals surface area contributed by atoms with Crippen LogP contribution in [0.25, 0.3) is 0 Å². The number of carbonyl (C=O) groups is 1. The molecule has 34 heavy (non-hydrogen) atoms. The minimum Gasteiger partial charge on any atom is -0.355 e. The molecule has 0 spiro atoms. The molecule has 1 rings (SSSR count). The highest BCUT2D eigenvalue weighted by atomic mass is 79.9. The Hall–Kier alpha value is -0.830. The highest BCUT2D eigenvalue weighted by Gasteiger charge is 2.28. The lowest BCUT2D eigenvalue weighted by molar-refractivity contribution is -0.119. The van der Waals surface area contributed by atoms with Crippen molar-refractivity contribution in [3.63, 3.8) is 0 Å². The Balaban J connectivity index is 1.95. The standard InChI is InChI=1S/C31H54BrNO/c1-3-4-5-6-7-8-9-10-11-12-13-14-15-16-17-18-19-20-24-27-31(32,28-33-29(2)34)30-25-22-21-23-26-30/h21-23,25-26H,3-20,24,27-28H2,1-2H3,(H,33,34). The first-order chi connectivity index (χ1) is 16.6. The van der Waals surface area contributed by atoms with E-state index in [0.717, 1.165) is 6.42 Å². The molecule has 0 aliphatic carbocycles. The molecule has 0 aliphatic heterocycles. The lowest BCUT2D eigenvalue weighted by atomic mass is 9.92. The van der Waals surface area contributed by atoms with Crippen LogP contribution < -0.4 is 5.32 Å². The van der Waals surface area contributed by atoms with E-state index in [-0.39, 0.29) is 10.2 Å². The zero-order chi connectivity index (χ0) is 24.7. The Morgan fingerprint density at radius 3 is 1.44 bits per heavy atom. The Bertz CT molecular complexity index is 590. The van der Waals surface area contributed by atoms with E-state index in [2.05, 4.69) is 52.4 Å². The van der Waals surface area contributed by atoms with Gasteiger partial charge < -0.3 is 5.32 Å². The minimum absolute atomic E-state index is 0.0351. The van der Waals surface area contributed by atoms with Crippen LogP contribution in [0.4, 0.5) is 0 Å². The van der Waals surface area contributed by atoms with Crippen LogP contribution in [0, 0.1) is 0 Å². The third kappa shape index (κ3) is 16.7. The molecule has 0 aromatic heterocycles. The molecular weight excluding hydrogens is 482 g/mol. The molecular formula is C31H54BrNO. The van der Waals surface area contributed by atoms with Gasteiger partial charge in [0.25, 0.3) is 0 Å². The molecule has 1 amide bonds. The minimum atomic E-state index is -0.158. The van der Waals surface area contributed by atoms with E-state index < -0.39 is 0 Å². The SMILES string of the molecule is CCCCCCCCCCCCCCCCCCCCCC(Br)(CNC(C)=O)c1ccccc1. The molecule has 0 radical (unpaired) electrons. The van der Waals surface area contributed by atoms with Crippen molar-refractivity contribution in [2.24, 2.45) is 0 Å². The molecule has 3 heteroatoms. The van der Waals surface area contributed by atoms with Gasteiger partial charge in [-0.25, -0.2) is 0 Å². The van der Waals surface area contributed by atoms with Gasteiger partial charge in [-0.1, -0.05) is 175 Å². The second-order valence-electron chi connectivity index (χ2n) is 10.4. The predicted molar refractivity (Wildman–Crippen MR) is 154 cm³/mol. The first-order valence-electron chi connectivity index (χ1n) is 14.6. The zero-order valence-corrected chi connectivity index (χ0v) is 24.1. The number of alkyl halides is 1. The van der Waals surface area contributed by atoms with Crippen molar-refractivity contribution in [3.8, 4) is 0 Å². The molecule has 1 aromatic rings. The number of hydrogen-bond donors (Lipinski definition) is 1. The van der Waals surface area contributed by atoms with Gasteiger partial charge in [-0.2, -0.15) is 0 Å². The van der Waals surface area contributed by atoms with E-state index >= 15 is 0 Å². The number of benzene rings is 1. The van der Waals surface area contributed by atoms with Crippen LogP contribution >= 0.6 is 15.9 Å². The van der Waals surface area contributed by atoms with Crippen molar-refractivity contribution < 1.29 is 4.79 Å². The molecule has 1 atom stereocenters. The molecule has 1 aromatic carbocycles. The Kier molecular flexibility index (Phi) is 19.7. The molecule has 0 fully saturated rings. The molecule has 0 saturated heterocycles. The van der Waals surface area contributed by atoms with Crippen molar-refractivity contribution in [1.29, 1.82) is 0 Å². The van der Waals surface area contributed by atoms with E-state index in [0.29, 0.717) is 6.54 Å². The van der Waals surface area contributed by atoms with Gasteiger partial charge in [-0.05, 0) is 12.0 Å². The number of nitrogens with one attached hydrogen (secondary N) is 1. The van der Waals surface area contributed by atoms with Gasteiger partial charge >= 0.3 is 0 Å². The number of unbranched alkanes of at least 4 members (excludes halogenated alkanes) is 18. The van der Waals surface area contributed by atoms with Gasteiger partial charge in [0, 0.05) is 13.5 Å². The van der Waals surface area contributed by atoms with Crippen LogP contribution in [-0.2, 0) is 9.12 Å². The second-order valence-corrected chi connectivity index (χ2v) is 11.9. The van der Waals surface area contributed by atoms with Crippen molar-refractivity contribution in [2.45, 2.75) is 147 Å². The smallest absolute Gasteiger partial charge is 0.216 e. The summed E-state index contributed by atoms with van der Waals surface area (Å²) in [5.74, 6) is 0.0351. The summed E-state index contributed by atoms with van der Waals surface area (Å²) in [6, 6.07) is 10.5. The molecule has 1 unspecified atom stereocenters. The summed E-state index contributed by atoms with van der Waals surface area (Å²) in [6.45, 7) is 4.53. The fourth-order valence-electron chi connectivity index (χ4n) is 4.82. The van der Waals surface area contributed by atoms with Gasteiger partial charge in [-0.15, -0.1) is 0 Å². The maximum absolute atomic E-state index is 11.4. The maximum Gasteiger partial charge on any atom is 0.216 e. The Labute approximate surface area is 220 Å². The zero-order valence-electron chi connectivity index (χ0n) is 22.5. The quantitative estimate of drug-likeness (QED) is 0.109. The summed E-state index contributed by atoms with van der Waals surface area (Å²) in [5, 5.41) is 3.01. The normalized spacial score (nSPS) is 13.0. The molecule has 0 aliphatic rings. The fraction of sp³-hybridized carbons (Fsp3) is 0.774. The van der Waals surface area contributed by atoms with Crippen LogP contribution in [0.15, 0.2) is 30.3 Å². The van der Waals surface area contributed by atoms with Gasteiger partial charge in [0.2, 0.25) is 5.91 Å². The lowest BCUT2D eigenvalue weighted by Gasteiger charge is -2.28. The van der Waals surface area contributed by atoms with Crippen LogP contribution in [-0.4, -0.2) is 12.5 Å². The fourth-order valence-corrected chi connectivity index (χ4v) is 5.50. The summed E-state index contributed by atoms with van der Waals surface area (Å²) in [5.41, 5.74) is 1.26. The number of carbonyl (C=O) groups excluding carboxylic acids is 1. The molecule has 0 bridgehead atoms. The monoisotopic (exact) mass is 535 g/mol. The average molecular weight is 537 g/mol. The number of rotatable bonds is 23. The predicted octanol–water partition coefficient (Wildman–Crippen LogP) is 10.2. The van der Waals surface area contributed by atoms with Crippen molar-refractivity contribution in [2.75, 3.05) is 6.54 Å². The van der Waals surface area contributed by atoms with E-state index in [9.17, 15) is 4.79 Å². The van der Waals surface area contributed by atoms with E-state index in [4.69, 9.17) is 0 Å². The van der Waals surface area contributed by atoms with Crippen LogP contribution in [0.2, 0.25) is 0 Å². The molecule has 0 saturated carbocycles. The maximum atomic E-state index is 11.4. The average Bonchev–Trinajstić information content (AvgIpc) is 2.84. The van der Waals surface area contributed by atoms with Crippen LogP contribution in [0.1, 0.15) is 148 Å². The summed E-state index contributed by atoms with van der Waals surface area (Å²) in [6.07, 6.45) is 27.7. The Morgan fingerprint density at radius 1 is 0.676 bits per heavy atom. The number of halogens is 1. The molecule has 1 N–H and O–H groups in total. The highest BCUT2D eigenvalue weighted by Crippen LogP contribution is 2.36. The first-order valence-corrected chi connectivity index (χ1v) is 15.4. The first kappa shape index (κ1) is 31.2. The van der Waals surface area contributed by atoms with E-state index in [1.807, 2.05) is 6.07 Å². The van der Waals surface area contributed by atoms with Crippen LogP contribution in [0.5, 0.6) is 0 Å². The largest absolute Gasteiger partial charge is 0.355 e. The molecule has 196 valence electrons. The summed E-state index contributed by atoms with van der Waals surface area (Å²) in [4.78, 5) is 11.4. The molecule has 0 heterocycles. The molecule has 2 nitrogen and oxygen atoms in total. The van der Waals surface area contributed by atoms with Crippen LogP contribution in [0.3, 0.4) is 0 Å². The van der Waals surface area contributed by atoms with E-state index in [1.165, 1.54) is 128 Å². The second kappa shape index (κ2) is 21.5. The third-order valence-electron chi connectivity index (χ3n) is 7.09. The number of amides is 1. The highest BCUT2D eigenvalue weighted by molar-refractivity contribution is 9.09. The van der Waals surface area contributed by atoms with Gasteiger partial charge in [0.1, 0.15) is 0 Å². The Morgan fingerprint density at radius 2 is 1.06 bits per heavy atom. The number of hydrogen-bond acceptors (Lipinski definition) is 1. The summed E-state index contributed by atoms with van der Waals surface area (Å²) < 4.78 is -0.158. The van der Waals surface area contributed by atoms with Crippen molar-refractivity contribution >= 4 is 21.8 Å². The van der Waals surface area contributed by atoms with Gasteiger partial charge in [0.15, 0.2) is 0 Å². The lowest BCUT2D eigenvalue weighted by Crippen LogP contribution is -2.35. The van der Waals surface area contributed by atoms with Crippen molar-refractivity contribution in [3.05, 3.63) is 35.9 Å². The van der Waals surface area contributed by atoms with E-state index in [1.54, 1.807) is 6.92 Å². The topological polar surface area (TPSA) is 29.1 Å². The van der Waals surface area contributed by atoms with Crippen molar-refractivity contribution in [1.82, 2.24) is 5.32 Å². The summed E-state index contributed by atoms with van der Waals surface area (Å²) >= 11 is 3.96. The third-order valence-corrected chi connectivity index (χ3v) is 8.22. The van der Waals surface area contributed by atoms with Gasteiger partial charge in [0.05, 0.1) is 4.32 Å². The van der Waals surface area contributed by atoms with Gasteiger partial charge in [-0.3, -0.25) is 4.79 Å². The summed E-state index contributed by atoms with van der Waals surface area (Å²) in [7, 11) is 0.